The van der Waals surface area contributed by atoms with E-state index in [1.54, 1.807) is 0 Å². The molecular weight excluding hydrogens is 318 g/mol. The van der Waals surface area contributed by atoms with Crippen molar-refractivity contribution in [2.75, 3.05) is 32.7 Å². The van der Waals surface area contributed by atoms with Crippen LogP contribution < -0.4 is 5.32 Å². The zero-order valence-corrected chi connectivity index (χ0v) is 15.7. The second-order valence-corrected chi connectivity index (χ2v) is 7.86. The third-order valence-electron chi connectivity index (χ3n) is 6.06. The summed E-state index contributed by atoms with van der Waals surface area (Å²) in [6.45, 7) is 7.04. The van der Waals surface area contributed by atoms with Crippen LogP contribution in [0.3, 0.4) is 0 Å². The van der Waals surface area contributed by atoms with Crippen LogP contribution in [0.1, 0.15) is 31.2 Å². The van der Waals surface area contributed by atoms with Gasteiger partial charge in [-0.05, 0) is 30.9 Å². The van der Waals surface area contributed by atoms with Gasteiger partial charge in [0.2, 0.25) is 0 Å². The van der Waals surface area contributed by atoms with Crippen LogP contribution in [0.15, 0.2) is 66.4 Å². The van der Waals surface area contributed by atoms with Crippen LogP contribution in [0.4, 0.5) is 0 Å². The second-order valence-electron chi connectivity index (χ2n) is 7.86. The lowest BCUT2D eigenvalue weighted by molar-refractivity contribution is 0.0770. The SMILES string of the molecule is C1=CC=C(NCCC2(N3CCN(Cc4ccccc4)CC3)CC2)CC=C1. The molecule has 0 bridgehead atoms. The topological polar surface area (TPSA) is 18.5 Å². The maximum atomic E-state index is 3.66. The summed E-state index contributed by atoms with van der Waals surface area (Å²) >= 11 is 0. The summed E-state index contributed by atoms with van der Waals surface area (Å²) in [7, 11) is 0. The summed E-state index contributed by atoms with van der Waals surface area (Å²) in [6.07, 6.45) is 15.9. The van der Waals surface area contributed by atoms with Gasteiger partial charge in [-0.1, -0.05) is 54.6 Å². The van der Waals surface area contributed by atoms with Crippen LogP contribution in [-0.4, -0.2) is 48.1 Å². The molecule has 1 heterocycles. The van der Waals surface area contributed by atoms with Crippen molar-refractivity contribution in [1.82, 2.24) is 15.1 Å². The number of nitrogens with one attached hydrogen (secondary N) is 1. The summed E-state index contributed by atoms with van der Waals surface area (Å²) < 4.78 is 0. The van der Waals surface area contributed by atoms with Crippen molar-refractivity contribution in [1.29, 1.82) is 0 Å². The van der Waals surface area contributed by atoms with Gasteiger partial charge >= 0.3 is 0 Å². The molecule has 0 amide bonds. The smallest absolute Gasteiger partial charge is 0.0234 e. The predicted molar refractivity (Wildman–Crippen MR) is 109 cm³/mol. The lowest BCUT2D eigenvalue weighted by atomic mass is 10.1. The van der Waals surface area contributed by atoms with Gasteiger partial charge in [-0.2, -0.15) is 0 Å². The van der Waals surface area contributed by atoms with E-state index < -0.39 is 0 Å². The third-order valence-corrected chi connectivity index (χ3v) is 6.06. The quantitative estimate of drug-likeness (QED) is 0.809. The molecular formula is C23H31N3. The molecule has 0 unspecified atom stereocenters. The average Bonchev–Trinajstić information content (AvgIpc) is 3.49. The number of hydrogen-bond donors (Lipinski definition) is 1. The van der Waals surface area contributed by atoms with Gasteiger partial charge in [0, 0.05) is 56.9 Å². The molecule has 0 radical (unpaired) electrons. The predicted octanol–water partition coefficient (Wildman–Crippen LogP) is 3.72. The van der Waals surface area contributed by atoms with Crippen molar-refractivity contribution in [3.63, 3.8) is 0 Å². The Hall–Kier alpha value is -1.84. The number of piperazine rings is 1. The Kier molecular flexibility index (Phi) is 5.57. The molecule has 138 valence electrons. The molecule has 3 nitrogen and oxygen atoms in total. The molecule has 0 spiro atoms. The van der Waals surface area contributed by atoms with Gasteiger partial charge in [-0.25, -0.2) is 0 Å². The van der Waals surface area contributed by atoms with Gasteiger partial charge in [0.15, 0.2) is 0 Å². The van der Waals surface area contributed by atoms with Crippen molar-refractivity contribution >= 4 is 0 Å². The van der Waals surface area contributed by atoms with Crippen LogP contribution in [-0.2, 0) is 6.54 Å². The molecule has 2 aliphatic carbocycles. The number of allylic oxidation sites excluding steroid dienone is 5. The molecule has 2 fully saturated rings. The first kappa shape index (κ1) is 17.6. The normalized spacial score (nSPS) is 22.7. The van der Waals surface area contributed by atoms with Crippen LogP contribution in [0.2, 0.25) is 0 Å². The Labute approximate surface area is 158 Å². The van der Waals surface area contributed by atoms with Gasteiger partial charge in [0.25, 0.3) is 0 Å². The van der Waals surface area contributed by atoms with Crippen molar-refractivity contribution in [2.45, 2.75) is 37.8 Å². The summed E-state index contributed by atoms with van der Waals surface area (Å²) in [5.41, 5.74) is 3.27. The van der Waals surface area contributed by atoms with E-state index >= 15 is 0 Å². The van der Waals surface area contributed by atoms with Gasteiger partial charge in [0.05, 0.1) is 0 Å². The van der Waals surface area contributed by atoms with Crippen molar-refractivity contribution in [3.8, 4) is 0 Å². The van der Waals surface area contributed by atoms with E-state index in [0.29, 0.717) is 5.54 Å². The molecule has 1 N–H and O–H groups in total. The van der Waals surface area contributed by atoms with Crippen LogP contribution >= 0.6 is 0 Å². The minimum absolute atomic E-state index is 0.489. The first-order chi connectivity index (χ1) is 12.8. The van der Waals surface area contributed by atoms with Gasteiger partial charge < -0.3 is 5.32 Å². The van der Waals surface area contributed by atoms with Gasteiger partial charge in [-0.3, -0.25) is 9.80 Å². The Balaban J connectivity index is 1.22. The molecule has 1 aromatic rings. The Bertz CT molecular complexity index is 662. The standard InChI is InChI=1S/C23H31N3/c1-2-7-11-22(10-6-1)24-15-14-23(12-13-23)26-18-16-25(17-19-26)20-21-8-4-3-5-9-21/h1-10,24H,11-20H2. The molecule has 0 aromatic heterocycles. The molecule has 1 aliphatic heterocycles. The monoisotopic (exact) mass is 349 g/mol. The third kappa shape index (κ3) is 4.46. The van der Waals surface area contributed by atoms with E-state index in [1.165, 1.54) is 56.7 Å². The number of rotatable bonds is 7. The first-order valence-electron chi connectivity index (χ1n) is 10.1. The number of benzene rings is 1. The van der Waals surface area contributed by atoms with E-state index in [4.69, 9.17) is 0 Å². The molecule has 26 heavy (non-hydrogen) atoms. The van der Waals surface area contributed by atoms with Crippen molar-refractivity contribution in [3.05, 3.63) is 72.0 Å². The zero-order chi connectivity index (χ0) is 17.7. The highest BCUT2D eigenvalue weighted by Crippen LogP contribution is 2.45. The maximum absolute atomic E-state index is 3.66. The fourth-order valence-electron chi connectivity index (χ4n) is 4.25. The fraction of sp³-hybridized carbons (Fsp3) is 0.478. The summed E-state index contributed by atoms with van der Waals surface area (Å²) in [5, 5.41) is 3.66. The lowest BCUT2D eigenvalue weighted by Gasteiger charge is -2.40. The van der Waals surface area contributed by atoms with Crippen LogP contribution in [0, 0.1) is 0 Å². The van der Waals surface area contributed by atoms with E-state index in [-0.39, 0.29) is 0 Å². The minimum Gasteiger partial charge on any atom is -0.388 e. The van der Waals surface area contributed by atoms with Gasteiger partial charge in [-0.15, -0.1) is 0 Å². The molecule has 1 aromatic carbocycles. The molecule has 3 aliphatic rings. The van der Waals surface area contributed by atoms with Crippen LogP contribution in [0.25, 0.3) is 0 Å². The molecule has 1 saturated carbocycles. The maximum Gasteiger partial charge on any atom is 0.0234 e. The Morgan fingerprint density at radius 1 is 0.923 bits per heavy atom. The number of hydrogen-bond acceptors (Lipinski definition) is 3. The first-order valence-corrected chi connectivity index (χ1v) is 10.1. The van der Waals surface area contributed by atoms with Gasteiger partial charge in [0.1, 0.15) is 0 Å². The number of nitrogens with zero attached hydrogens (tertiary/aromatic N) is 2. The second kappa shape index (κ2) is 8.24. The highest BCUT2D eigenvalue weighted by Gasteiger charge is 2.47. The van der Waals surface area contributed by atoms with Crippen molar-refractivity contribution in [2.24, 2.45) is 0 Å². The summed E-state index contributed by atoms with van der Waals surface area (Å²) in [6, 6.07) is 10.9. The summed E-state index contributed by atoms with van der Waals surface area (Å²) in [5.74, 6) is 0. The van der Waals surface area contributed by atoms with Crippen molar-refractivity contribution < 1.29 is 0 Å². The average molecular weight is 350 g/mol. The highest BCUT2D eigenvalue weighted by molar-refractivity contribution is 5.22. The molecule has 3 heteroatoms. The largest absolute Gasteiger partial charge is 0.388 e. The van der Waals surface area contributed by atoms with E-state index in [1.807, 2.05) is 0 Å². The van der Waals surface area contributed by atoms with Crippen LogP contribution in [0.5, 0.6) is 0 Å². The Morgan fingerprint density at radius 3 is 2.50 bits per heavy atom. The lowest BCUT2D eigenvalue weighted by Crippen LogP contribution is -2.51. The van der Waals surface area contributed by atoms with E-state index in [9.17, 15) is 0 Å². The molecule has 0 atom stereocenters. The minimum atomic E-state index is 0.489. The van der Waals surface area contributed by atoms with E-state index in [0.717, 1.165) is 19.5 Å². The summed E-state index contributed by atoms with van der Waals surface area (Å²) in [4.78, 5) is 5.38. The molecule has 4 rings (SSSR count). The fourth-order valence-corrected chi connectivity index (χ4v) is 4.25. The zero-order valence-electron chi connectivity index (χ0n) is 15.7. The molecule has 1 saturated heterocycles. The highest BCUT2D eigenvalue weighted by atomic mass is 15.3. The van der Waals surface area contributed by atoms with E-state index in [2.05, 4.69) is 75.8 Å². The Morgan fingerprint density at radius 2 is 1.73 bits per heavy atom.